The molecule has 0 aliphatic rings. The summed E-state index contributed by atoms with van der Waals surface area (Å²) < 4.78 is 50.3. The van der Waals surface area contributed by atoms with E-state index in [4.69, 9.17) is 9.47 Å². The molecule has 1 unspecified atom stereocenters. The van der Waals surface area contributed by atoms with Crippen LogP contribution in [0.3, 0.4) is 0 Å². The molecule has 3 rings (SSSR count). The van der Waals surface area contributed by atoms with Crippen molar-refractivity contribution in [2.45, 2.75) is 19.1 Å². The van der Waals surface area contributed by atoms with E-state index < -0.39 is 35.6 Å². The van der Waals surface area contributed by atoms with Crippen LogP contribution in [0.25, 0.3) is 0 Å². The molecule has 0 saturated heterocycles. The van der Waals surface area contributed by atoms with E-state index in [-0.39, 0.29) is 61.4 Å². The van der Waals surface area contributed by atoms with Crippen LogP contribution in [0.4, 0.5) is 23.7 Å². The van der Waals surface area contributed by atoms with Gasteiger partial charge in [0.25, 0.3) is 0 Å². The number of carbonyl (C=O) groups is 2. The average Bonchev–Trinajstić information content (AvgIpc) is 2.83. The summed E-state index contributed by atoms with van der Waals surface area (Å²) in [6, 6.07) is 14.3. The van der Waals surface area contributed by atoms with Gasteiger partial charge in [0.2, 0.25) is 0 Å². The number of urea groups is 1. The molecule has 11 heteroatoms. The Morgan fingerprint density at radius 1 is 0.889 bits per heavy atom. The number of rotatable bonds is 11. The minimum absolute atomic E-state index is 0. The smallest absolute Gasteiger partial charge is 0.547 e. The summed E-state index contributed by atoms with van der Waals surface area (Å²) in [6.45, 7) is 0.218. The first-order chi connectivity index (χ1) is 16.8. The molecular weight excluding hydrogens is 488 g/mol. The van der Waals surface area contributed by atoms with E-state index in [1.54, 1.807) is 24.3 Å². The number of benzene rings is 3. The van der Waals surface area contributed by atoms with Crippen molar-refractivity contribution in [1.29, 1.82) is 0 Å². The van der Waals surface area contributed by atoms with E-state index in [1.165, 1.54) is 24.3 Å². The number of hydrogen-bond acceptors (Lipinski definition) is 5. The Hall–Kier alpha value is -3.05. The molecule has 2 N–H and O–H groups in total. The van der Waals surface area contributed by atoms with Gasteiger partial charge in [0.1, 0.15) is 35.9 Å². The fraction of sp³-hybridized carbons (Fsp3) is 0.200. The molecule has 0 saturated carbocycles. The fourth-order valence-corrected chi connectivity index (χ4v) is 3.01. The van der Waals surface area contributed by atoms with Gasteiger partial charge in [0.15, 0.2) is 0 Å². The average molecular weight is 510 g/mol. The van der Waals surface area contributed by atoms with Gasteiger partial charge in [-0.15, -0.1) is 0 Å². The molecule has 0 spiro atoms. The molecule has 3 aromatic rings. The number of nitrogens with one attached hydrogen (secondary N) is 2. The largest absolute Gasteiger partial charge is 1.00 e. The molecular formula is C25H22F3N2NaO5. The summed E-state index contributed by atoms with van der Waals surface area (Å²) >= 11 is 0. The monoisotopic (exact) mass is 510 g/mol. The van der Waals surface area contributed by atoms with E-state index in [9.17, 15) is 27.9 Å². The molecule has 0 fully saturated rings. The zero-order valence-corrected chi connectivity index (χ0v) is 21.4. The number of halogens is 3. The first-order valence-corrected chi connectivity index (χ1v) is 10.6. The van der Waals surface area contributed by atoms with Crippen LogP contribution in [0.2, 0.25) is 0 Å². The topological polar surface area (TPSA) is 99.7 Å². The SMILES string of the molecule is O=C(NCCOc1ccc(CC(OCc2ccc(F)cc2)C(=O)[O-])cc1)Nc1ccc(F)cc1F.[Na+]. The van der Waals surface area contributed by atoms with Gasteiger partial charge in [-0.3, -0.25) is 0 Å². The Morgan fingerprint density at radius 2 is 1.53 bits per heavy atom. The summed E-state index contributed by atoms with van der Waals surface area (Å²) in [5.74, 6) is -2.92. The quantitative estimate of drug-likeness (QED) is 0.284. The van der Waals surface area contributed by atoms with Crippen LogP contribution in [0.1, 0.15) is 11.1 Å². The van der Waals surface area contributed by atoms with Crippen LogP contribution >= 0.6 is 0 Å². The number of ether oxygens (including phenoxy) is 2. The summed E-state index contributed by atoms with van der Waals surface area (Å²) in [5, 5.41) is 16.2. The fourth-order valence-electron chi connectivity index (χ4n) is 3.01. The molecule has 2 amide bonds. The summed E-state index contributed by atoms with van der Waals surface area (Å²) in [7, 11) is 0. The zero-order chi connectivity index (χ0) is 25.2. The van der Waals surface area contributed by atoms with Crippen molar-refractivity contribution in [3.8, 4) is 5.75 Å². The van der Waals surface area contributed by atoms with Crippen LogP contribution in [-0.2, 0) is 22.6 Å². The number of carbonyl (C=O) groups excluding carboxylic acids is 2. The summed E-state index contributed by atoms with van der Waals surface area (Å²) in [4.78, 5) is 23.2. The maximum Gasteiger partial charge on any atom is 1.00 e. The molecule has 0 bridgehead atoms. The van der Waals surface area contributed by atoms with Crippen molar-refractivity contribution in [3.05, 3.63) is 95.3 Å². The van der Waals surface area contributed by atoms with Crippen molar-refractivity contribution in [2.75, 3.05) is 18.5 Å². The van der Waals surface area contributed by atoms with Gasteiger partial charge in [-0.2, -0.15) is 0 Å². The first kappa shape index (κ1) is 29.2. The minimum Gasteiger partial charge on any atom is -0.547 e. The number of carboxylic acid groups (broad SMARTS) is 1. The van der Waals surface area contributed by atoms with Gasteiger partial charge in [-0.1, -0.05) is 24.3 Å². The van der Waals surface area contributed by atoms with Crippen LogP contribution in [-0.4, -0.2) is 31.3 Å². The van der Waals surface area contributed by atoms with Crippen LogP contribution < -0.4 is 50.0 Å². The molecule has 184 valence electrons. The predicted octanol–water partition coefficient (Wildman–Crippen LogP) is 0.186. The molecule has 0 heterocycles. The number of hydrogen-bond donors (Lipinski definition) is 2. The van der Waals surface area contributed by atoms with Crippen LogP contribution in [0.15, 0.2) is 66.7 Å². The van der Waals surface area contributed by atoms with Crippen molar-refractivity contribution < 1.29 is 66.9 Å². The Kier molecular flexibility index (Phi) is 11.7. The third-order valence-electron chi connectivity index (χ3n) is 4.81. The molecule has 0 aliphatic heterocycles. The molecule has 36 heavy (non-hydrogen) atoms. The van der Waals surface area contributed by atoms with Gasteiger partial charge in [0.05, 0.1) is 24.8 Å². The third-order valence-corrected chi connectivity index (χ3v) is 4.81. The standard InChI is InChI=1S/C25H23F3N2O5.Na/c26-18-5-1-17(2-6-18)15-35-23(24(31)32)13-16-3-8-20(9-4-16)34-12-11-29-25(33)30-22-10-7-19(27)14-21(22)28;/h1-10,14,23H,11-13,15H2,(H,31,32)(H2,29,30,33);/q;+1/p-1. The van der Waals surface area contributed by atoms with E-state index in [2.05, 4.69) is 10.6 Å². The van der Waals surface area contributed by atoms with E-state index in [1.807, 2.05) is 0 Å². The first-order valence-electron chi connectivity index (χ1n) is 10.6. The predicted molar refractivity (Wildman–Crippen MR) is 119 cm³/mol. The molecule has 1 atom stereocenters. The Labute approximate surface area is 227 Å². The number of anilines is 1. The molecule has 3 aromatic carbocycles. The van der Waals surface area contributed by atoms with Gasteiger partial charge in [0, 0.05) is 12.5 Å². The van der Waals surface area contributed by atoms with E-state index in [0.29, 0.717) is 22.9 Å². The second-order valence-corrected chi connectivity index (χ2v) is 7.45. The Balaban J connectivity index is 0.00000456. The van der Waals surface area contributed by atoms with Crippen molar-refractivity contribution in [1.82, 2.24) is 5.32 Å². The number of carboxylic acids is 1. The maximum atomic E-state index is 13.5. The Morgan fingerprint density at radius 3 is 2.17 bits per heavy atom. The van der Waals surface area contributed by atoms with Crippen molar-refractivity contribution >= 4 is 17.7 Å². The van der Waals surface area contributed by atoms with Crippen LogP contribution in [0.5, 0.6) is 5.75 Å². The maximum absolute atomic E-state index is 13.5. The summed E-state index contributed by atoms with van der Waals surface area (Å²) in [5.41, 5.74) is 1.15. The van der Waals surface area contributed by atoms with Crippen LogP contribution in [0, 0.1) is 17.5 Å². The van der Waals surface area contributed by atoms with Gasteiger partial charge >= 0.3 is 35.6 Å². The second-order valence-electron chi connectivity index (χ2n) is 7.45. The number of aliphatic carboxylic acids is 1. The van der Waals surface area contributed by atoms with Gasteiger partial charge < -0.3 is 30.0 Å². The molecule has 0 radical (unpaired) electrons. The van der Waals surface area contributed by atoms with Gasteiger partial charge in [-0.05, 0) is 47.5 Å². The van der Waals surface area contributed by atoms with Gasteiger partial charge in [-0.25, -0.2) is 18.0 Å². The van der Waals surface area contributed by atoms with E-state index >= 15 is 0 Å². The zero-order valence-electron chi connectivity index (χ0n) is 19.4. The van der Waals surface area contributed by atoms with Crippen molar-refractivity contribution in [2.24, 2.45) is 0 Å². The normalized spacial score (nSPS) is 11.2. The number of amides is 2. The van der Waals surface area contributed by atoms with Crippen molar-refractivity contribution in [3.63, 3.8) is 0 Å². The molecule has 0 aromatic heterocycles. The second kappa shape index (κ2) is 14.5. The molecule has 7 nitrogen and oxygen atoms in total. The summed E-state index contributed by atoms with van der Waals surface area (Å²) in [6.07, 6.45) is -1.13. The third kappa shape index (κ3) is 9.54. The molecule has 0 aliphatic carbocycles. The minimum atomic E-state index is -1.36. The Bertz CT molecular complexity index is 1150. The van der Waals surface area contributed by atoms with E-state index in [0.717, 1.165) is 12.1 Å².